The molecule has 1 atom stereocenters. The summed E-state index contributed by atoms with van der Waals surface area (Å²) in [4.78, 5) is 33.1. The summed E-state index contributed by atoms with van der Waals surface area (Å²) in [6, 6.07) is 6.86. The Balaban J connectivity index is 1.66. The van der Waals surface area contributed by atoms with Crippen LogP contribution < -0.4 is 5.56 Å². The molecule has 4 rings (SSSR count). The van der Waals surface area contributed by atoms with Crippen molar-refractivity contribution in [2.75, 3.05) is 18.1 Å². The van der Waals surface area contributed by atoms with Crippen molar-refractivity contribution in [2.45, 2.75) is 32.9 Å². The van der Waals surface area contributed by atoms with Gasteiger partial charge in [0.15, 0.2) is 9.84 Å². The zero-order chi connectivity index (χ0) is 23.0. The Bertz CT molecular complexity index is 1310. The maximum Gasteiger partial charge on any atom is 0.263 e. The minimum Gasteiger partial charge on any atom is -0.337 e. The summed E-state index contributed by atoms with van der Waals surface area (Å²) in [5.74, 6) is -0.0322. The minimum atomic E-state index is -3.13. The molecule has 0 bridgehead atoms. The summed E-state index contributed by atoms with van der Waals surface area (Å²) in [7, 11) is -3.13. The number of fused-ring (bicyclic) bond motifs is 1. The molecule has 0 saturated carbocycles. The fourth-order valence-electron chi connectivity index (χ4n) is 4.03. The molecule has 170 valence electrons. The lowest BCUT2D eigenvalue weighted by Gasteiger charge is -2.30. The number of rotatable bonds is 6. The lowest BCUT2D eigenvalue weighted by molar-refractivity contribution is -0.134. The third-order valence-electron chi connectivity index (χ3n) is 5.55. The highest BCUT2D eigenvalue weighted by Gasteiger charge is 2.35. The van der Waals surface area contributed by atoms with Gasteiger partial charge in [0.25, 0.3) is 5.56 Å². The number of carbonyl (C=O) groups is 1. The molecule has 2 aromatic heterocycles. The van der Waals surface area contributed by atoms with Gasteiger partial charge in [0.1, 0.15) is 11.4 Å². The lowest BCUT2D eigenvalue weighted by atomic mass is 10.1. The third-order valence-corrected chi connectivity index (χ3v) is 8.44. The average Bonchev–Trinajstić information content (AvgIpc) is 3.32. The number of nitrogens with zero attached hydrogens (tertiary/aromatic N) is 3. The van der Waals surface area contributed by atoms with E-state index in [1.807, 2.05) is 31.4 Å². The first-order chi connectivity index (χ1) is 15.1. The average molecular weight is 494 g/mol. The molecule has 3 aromatic rings. The van der Waals surface area contributed by atoms with Crippen molar-refractivity contribution >= 4 is 48.9 Å². The molecule has 1 amide bonds. The number of amides is 1. The second-order valence-electron chi connectivity index (χ2n) is 8.51. The SMILES string of the molecule is CC(C)CN(C(=O)Cn1cnc2scc(-c3ccc(Cl)cc3)c2c1=O)C1CCS(=O)(=O)C1. The molecule has 1 aliphatic heterocycles. The molecule has 7 nitrogen and oxygen atoms in total. The third kappa shape index (κ3) is 4.74. The van der Waals surface area contributed by atoms with E-state index in [0.717, 1.165) is 11.1 Å². The van der Waals surface area contributed by atoms with Crippen molar-refractivity contribution in [1.29, 1.82) is 0 Å². The van der Waals surface area contributed by atoms with Gasteiger partial charge in [-0.3, -0.25) is 14.2 Å². The van der Waals surface area contributed by atoms with Crippen LogP contribution in [0.5, 0.6) is 0 Å². The number of benzene rings is 1. The van der Waals surface area contributed by atoms with Crippen molar-refractivity contribution in [3.63, 3.8) is 0 Å². The van der Waals surface area contributed by atoms with E-state index in [1.54, 1.807) is 17.0 Å². The first-order valence-electron chi connectivity index (χ1n) is 10.4. The first kappa shape index (κ1) is 22.9. The second kappa shape index (κ2) is 8.96. The summed E-state index contributed by atoms with van der Waals surface area (Å²) < 4.78 is 25.2. The van der Waals surface area contributed by atoms with Crippen LogP contribution in [0.3, 0.4) is 0 Å². The predicted molar refractivity (Wildman–Crippen MR) is 128 cm³/mol. The number of halogens is 1. The van der Waals surface area contributed by atoms with Gasteiger partial charge in [-0.05, 0) is 30.0 Å². The Morgan fingerprint density at radius 1 is 1.31 bits per heavy atom. The summed E-state index contributed by atoms with van der Waals surface area (Å²) in [5, 5.41) is 2.95. The van der Waals surface area contributed by atoms with Gasteiger partial charge in [-0.2, -0.15) is 0 Å². The fourth-order valence-corrected chi connectivity index (χ4v) is 6.79. The minimum absolute atomic E-state index is 0.0249. The van der Waals surface area contributed by atoms with E-state index in [1.165, 1.54) is 22.2 Å². The molecule has 1 aliphatic rings. The van der Waals surface area contributed by atoms with E-state index in [9.17, 15) is 18.0 Å². The molecule has 1 aromatic carbocycles. The van der Waals surface area contributed by atoms with Crippen LogP contribution in [0.2, 0.25) is 5.02 Å². The van der Waals surface area contributed by atoms with Crippen LogP contribution in [0, 0.1) is 5.92 Å². The topological polar surface area (TPSA) is 89.3 Å². The smallest absolute Gasteiger partial charge is 0.263 e. The maximum atomic E-state index is 13.3. The van der Waals surface area contributed by atoms with Gasteiger partial charge >= 0.3 is 0 Å². The largest absolute Gasteiger partial charge is 0.337 e. The van der Waals surface area contributed by atoms with E-state index in [0.29, 0.717) is 28.2 Å². The molecule has 1 saturated heterocycles. The number of hydrogen-bond donors (Lipinski definition) is 0. The Morgan fingerprint density at radius 3 is 2.66 bits per heavy atom. The highest BCUT2D eigenvalue weighted by molar-refractivity contribution is 7.91. The van der Waals surface area contributed by atoms with E-state index < -0.39 is 9.84 Å². The van der Waals surface area contributed by atoms with Gasteiger partial charge in [-0.1, -0.05) is 37.6 Å². The quantitative estimate of drug-likeness (QED) is 0.524. The molecule has 0 spiro atoms. The number of carbonyl (C=O) groups excluding carboxylic acids is 1. The Hall–Kier alpha value is -2.23. The first-order valence-corrected chi connectivity index (χ1v) is 13.4. The zero-order valence-electron chi connectivity index (χ0n) is 17.8. The van der Waals surface area contributed by atoms with Crippen molar-refractivity contribution in [1.82, 2.24) is 14.5 Å². The van der Waals surface area contributed by atoms with Gasteiger partial charge < -0.3 is 4.90 Å². The Kier molecular flexibility index (Phi) is 6.42. The second-order valence-corrected chi connectivity index (χ2v) is 12.0. The van der Waals surface area contributed by atoms with Gasteiger partial charge in [0.05, 0.1) is 23.2 Å². The zero-order valence-corrected chi connectivity index (χ0v) is 20.2. The van der Waals surface area contributed by atoms with Gasteiger partial charge in [0.2, 0.25) is 5.91 Å². The van der Waals surface area contributed by atoms with Crippen LogP contribution in [0.4, 0.5) is 0 Å². The van der Waals surface area contributed by atoms with Crippen LogP contribution >= 0.6 is 22.9 Å². The van der Waals surface area contributed by atoms with Gasteiger partial charge in [0, 0.05) is 28.6 Å². The summed E-state index contributed by atoms with van der Waals surface area (Å²) >= 11 is 7.36. The number of sulfone groups is 1. The standard InChI is InChI=1S/C22H24ClN3O4S2/c1-14(2)9-26(17-7-8-32(29,30)12-17)19(27)10-25-13-24-21-20(22(25)28)18(11-31-21)15-3-5-16(23)6-4-15/h3-6,11,13-14,17H,7-10,12H2,1-2H3. The molecule has 10 heteroatoms. The fraction of sp³-hybridized carbons (Fsp3) is 0.409. The molecular weight excluding hydrogens is 470 g/mol. The molecule has 32 heavy (non-hydrogen) atoms. The van der Waals surface area contributed by atoms with Crippen LogP contribution in [0.15, 0.2) is 40.8 Å². The lowest BCUT2D eigenvalue weighted by Crippen LogP contribution is -2.45. The van der Waals surface area contributed by atoms with E-state index >= 15 is 0 Å². The number of aromatic nitrogens is 2. The van der Waals surface area contributed by atoms with Crippen molar-refractivity contribution in [2.24, 2.45) is 5.92 Å². The molecule has 1 fully saturated rings. The number of hydrogen-bond acceptors (Lipinski definition) is 6. The molecule has 1 unspecified atom stereocenters. The van der Waals surface area contributed by atoms with Crippen LogP contribution in [0.1, 0.15) is 20.3 Å². The van der Waals surface area contributed by atoms with Gasteiger partial charge in [-0.25, -0.2) is 13.4 Å². The molecule has 0 radical (unpaired) electrons. The monoisotopic (exact) mass is 493 g/mol. The number of thiophene rings is 1. The predicted octanol–water partition coefficient (Wildman–Crippen LogP) is 3.45. The van der Waals surface area contributed by atoms with E-state index in [4.69, 9.17) is 11.6 Å². The van der Waals surface area contributed by atoms with Crippen LogP contribution in [0.25, 0.3) is 21.3 Å². The van der Waals surface area contributed by atoms with Crippen LogP contribution in [-0.2, 0) is 21.2 Å². The van der Waals surface area contributed by atoms with Crippen molar-refractivity contribution in [3.05, 3.63) is 51.3 Å². The summed E-state index contributed by atoms with van der Waals surface area (Å²) in [6.45, 7) is 4.22. The maximum absolute atomic E-state index is 13.3. The van der Waals surface area contributed by atoms with Crippen molar-refractivity contribution in [3.8, 4) is 11.1 Å². The molecular formula is C22H24ClN3O4S2. The molecule has 0 aliphatic carbocycles. The molecule has 0 N–H and O–H groups in total. The Morgan fingerprint density at radius 2 is 2.03 bits per heavy atom. The highest BCUT2D eigenvalue weighted by Crippen LogP contribution is 2.31. The normalized spacial score (nSPS) is 17.8. The van der Waals surface area contributed by atoms with E-state index in [2.05, 4.69) is 4.98 Å². The summed E-state index contributed by atoms with van der Waals surface area (Å²) in [6.07, 6.45) is 1.82. The van der Waals surface area contributed by atoms with E-state index in [-0.39, 0.29) is 41.5 Å². The Labute approximate surface area is 195 Å². The highest BCUT2D eigenvalue weighted by atomic mass is 35.5. The van der Waals surface area contributed by atoms with Crippen molar-refractivity contribution < 1.29 is 13.2 Å². The molecule has 3 heterocycles. The summed E-state index contributed by atoms with van der Waals surface area (Å²) in [5.41, 5.74) is 1.31. The van der Waals surface area contributed by atoms with Gasteiger partial charge in [-0.15, -0.1) is 11.3 Å². The van der Waals surface area contributed by atoms with Crippen LogP contribution in [-0.4, -0.2) is 52.9 Å².